The molecule has 32 heavy (non-hydrogen) atoms. The topological polar surface area (TPSA) is 57.6 Å². The van der Waals surface area contributed by atoms with Gasteiger partial charge in [0.05, 0.1) is 11.6 Å². The molecule has 1 fully saturated rings. The van der Waals surface area contributed by atoms with Gasteiger partial charge in [-0.15, -0.1) is 0 Å². The van der Waals surface area contributed by atoms with Crippen LogP contribution >= 0.6 is 47.2 Å². The SMILES string of the molecule is CCCC(C(=O)O)N1C/C(=C/c2ccc(/C=C/C(=O)c3ccc(Cl)cc3Cl)cc2)SC1=S. The Hall–Kier alpha value is -2.12. The maximum atomic E-state index is 12.4. The standard InChI is InChI=1S/C24H21Cl2NO3S2/c1-2-3-21(23(29)30)27-14-18(32-24(27)31)12-16-6-4-15(5-7-16)8-11-22(28)19-10-9-17(25)13-20(19)26/h4-13,21H,2-3,14H2,1H3,(H,29,30)/b11-8+,18-12-. The summed E-state index contributed by atoms with van der Waals surface area (Å²) in [4.78, 5) is 26.7. The van der Waals surface area contributed by atoms with Crippen molar-refractivity contribution in [3.05, 3.63) is 80.2 Å². The maximum Gasteiger partial charge on any atom is 0.326 e. The van der Waals surface area contributed by atoms with E-state index in [1.807, 2.05) is 37.3 Å². The van der Waals surface area contributed by atoms with Crippen molar-refractivity contribution in [2.45, 2.75) is 25.8 Å². The molecule has 1 unspecified atom stereocenters. The van der Waals surface area contributed by atoms with E-state index in [4.69, 9.17) is 35.4 Å². The fourth-order valence-electron chi connectivity index (χ4n) is 3.27. The quantitative estimate of drug-likeness (QED) is 0.241. The first-order valence-corrected chi connectivity index (χ1v) is 12.0. The minimum Gasteiger partial charge on any atom is -0.480 e. The number of allylic oxidation sites excluding steroid dienone is 1. The van der Waals surface area contributed by atoms with Crippen molar-refractivity contribution < 1.29 is 14.7 Å². The molecule has 1 aliphatic rings. The number of carbonyl (C=O) groups is 2. The van der Waals surface area contributed by atoms with E-state index >= 15 is 0 Å². The van der Waals surface area contributed by atoms with Crippen LogP contribution in [0.25, 0.3) is 12.2 Å². The van der Waals surface area contributed by atoms with Crippen LogP contribution in [0.1, 0.15) is 41.3 Å². The molecule has 1 atom stereocenters. The second kappa shape index (κ2) is 11.1. The molecule has 1 saturated heterocycles. The Morgan fingerprint density at radius 3 is 2.50 bits per heavy atom. The number of hydrogen-bond acceptors (Lipinski definition) is 4. The second-order valence-corrected chi connectivity index (χ2v) is 9.84. The summed E-state index contributed by atoms with van der Waals surface area (Å²) < 4.78 is 0.594. The summed E-state index contributed by atoms with van der Waals surface area (Å²) in [6, 6.07) is 11.9. The van der Waals surface area contributed by atoms with E-state index in [2.05, 4.69) is 0 Å². The van der Waals surface area contributed by atoms with Gasteiger partial charge >= 0.3 is 5.97 Å². The van der Waals surface area contributed by atoms with Crippen LogP contribution in [-0.2, 0) is 4.79 Å². The Bertz CT molecular complexity index is 1100. The van der Waals surface area contributed by atoms with Gasteiger partial charge in [-0.3, -0.25) is 4.79 Å². The van der Waals surface area contributed by atoms with Crippen LogP contribution in [0.2, 0.25) is 10.0 Å². The first kappa shape index (κ1) is 24.5. The lowest BCUT2D eigenvalue weighted by Crippen LogP contribution is -2.40. The van der Waals surface area contributed by atoms with Gasteiger partial charge in [0.15, 0.2) is 5.78 Å². The number of carboxylic acid groups (broad SMARTS) is 1. The highest BCUT2D eigenvalue weighted by molar-refractivity contribution is 8.25. The van der Waals surface area contributed by atoms with Gasteiger partial charge in [0.25, 0.3) is 0 Å². The largest absolute Gasteiger partial charge is 0.480 e. The van der Waals surface area contributed by atoms with Crippen molar-refractivity contribution >= 4 is 75.4 Å². The Kier molecular flexibility index (Phi) is 8.54. The van der Waals surface area contributed by atoms with Gasteiger partial charge < -0.3 is 10.0 Å². The number of carboxylic acids is 1. The van der Waals surface area contributed by atoms with Crippen molar-refractivity contribution in [3.8, 4) is 0 Å². The molecule has 0 aromatic heterocycles. The van der Waals surface area contributed by atoms with Crippen LogP contribution in [0.3, 0.4) is 0 Å². The van der Waals surface area contributed by atoms with Crippen LogP contribution in [0.5, 0.6) is 0 Å². The van der Waals surface area contributed by atoms with E-state index in [0.717, 1.165) is 22.5 Å². The molecule has 8 heteroatoms. The van der Waals surface area contributed by atoms with Gasteiger partial charge in [0, 0.05) is 15.5 Å². The summed E-state index contributed by atoms with van der Waals surface area (Å²) in [6.45, 7) is 2.46. The third-order valence-corrected chi connectivity index (χ3v) is 6.84. The molecule has 4 nitrogen and oxygen atoms in total. The molecule has 0 radical (unpaired) electrons. The molecule has 2 aromatic carbocycles. The molecule has 2 aromatic rings. The highest BCUT2D eigenvalue weighted by Crippen LogP contribution is 2.33. The molecule has 1 aliphatic heterocycles. The van der Waals surface area contributed by atoms with E-state index < -0.39 is 12.0 Å². The average Bonchev–Trinajstić information content (AvgIpc) is 3.10. The maximum absolute atomic E-state index is 12.4. The first-order valence-electron chi connectivity index (χ1n) is 9.98. The summed E-state index contributed by atoms with van der Waals surface area (Å²) in [7, 11) is 0. The average molecular weight is 506 g/mol. The van der Waals surface area contributed by atoms with E-state index in [0.29, 0.717) is 32.9 Å². The molecule has 0 spiro atoms. The van der Waals surface area contributed by atoms with Crippen LogP contribution in [0, 0.1) is 0 Å². The Labute approximate surface area is 206 Å². The Morgan fingerprint density at radius 2 is 1.88 bits per heavy atom. The van der Waals surface area contributed by atoms with E-state index in [-0.39, 0.29) is 5.78 Å². The normalized spacial score (nSPS) is 16.2. The highest BCUT2D eigenvalue weighted by atomic mass is 35.5. The minimum atomic E-state index is -0.846. The number of benzene rings is 2. The van der Waals surface area contributed by atoms with Crippen molar-refractivity contribution in [2.75, 3.05) is 6.54 Å². The van der Waals surface area contributed by atoms with Gasteiger partial charge in [-0.1, -0.05) is 90.9 Å². The molecule has 3 rings (SSSR count). The van der Waals surface area contributed by atoms with Crippen LogP contribution in [0.4, 0.5) is 0 Å². The molecule has 1 N–H and O–H groups in total. The number of halogens is 2. The van der Waals surface area contributed by atoms with Crippen molar-refractivity contribution in [2.24, 2.45) is 0 Å². The number of hydrogen-bond donors (Lipinski definition) is 1. The fraction of sp³-hybridized carbons (Fsp3) is 0.208. The predicted octanol–water partition coefficient (Wildman–Crippen LogP) is 6.82. The number of thiocarbonyl (C=S) groups is 1. The number of ketones is 1. The monoisotopic (exact) mass is 505 g/mol. The van der Waals surface area contributed by atoms with E-state index in [9.17, 15) is 14.7 Å². The number of carbonyl (C=O) groups excluding carboxylic acids is 1. The summed E-state index contributed by atoms with van der Waals surface area (Å²) in [5.41, 5.74) is 2.25. The van der Waals surface area contributed by atoms with Crippen LogP contribution in [-0.4, -0.2) is 38.7 Å². The molecule has 0 bridgehead atoms. The van der Waals surface area contributed by atoms with Crippen LogP contribution in [0.15, 0.2) is 53.4 Å². The van der Waals surface area contributed by atoms with Gasteiger partial charge in [0.2, 0.25) is 0 Å². The van der Waals surface area contributed by atoms with Gasteiger partial charge in [-0.05, 0) is 47.9 Å². The van der Waals surface area contributed by atoms with E-state index in [1.54, 1.807) is 29.2 Å². The lowest BCUT2D eigenvalue weighted by Gasteiger charge is -2.24. The lowest BCUT2D eigenvalue weighted by atomic mass is 10.1. The predicted molar refractivity (Wildman–Crippen MR) is 137 cm³/mol. The van der Waals surface area contributed by atoms with E-state index in [1.165, 1.54) is 17.8 Å². The zero-order chi connectivity index (χ0) is 23.3. The number of rotatable bonds is 8. The number of nitrogens with zero attached hydrogens (tertiary/aromatic N) is 1. The molecular weight excluding hydrogens is 485 g/mol. The molecule has 0 aliphatic carbocycles. The number of thioether (sulfide) groups is 1. The fourth-order valence-corrected chi connectivity index (χ4v) is 5.22. The van der Waals surface area contributed by atoms with Gasteiger partial charge in [0.1, 0.15) is 10.4 Å². The zero-order valence-electron chi connectivity index (χ0n) is 17.3. The zero-order valence-corrected chi connectivity index (χ0v) is 20.4. The van der Waals surface area contributed by atoms with Crippen molar-refractivity contribution in [1.29, 1.82) is 0 Å². The molecule has 166 valence electrons. The number of aliphatic carboxylic acids is 1. The van der Waals surface area contributed by atoms with Crippen molar-refractivity contribution in [1.82, 2.24) is 4.90 Å². The smallest absolute Gasteiger partial charge is 0.326 e. The van der Waals surface area contributed by atoms with Crippen molar-refractivity contribution in [3.63, 3.8) is 0 Å². The van der Waals surface area contributed by atoms with Gasteiger partial charge in [-0.2, -0.15) is 0 Å². The summed E-state index contributed by atoms with van der Waals surface area (Å²) in [6.07, 6.45) is 6.55. The second-order valence-electron chi connectivity index (χ2n) is 7.24. The molecule has 1 heterocycles. The summed E-state index contributed by atoms with van der Waals surface area (Å²) in [5, 5.41) is 10.3. The molecular formula is C24H21Cl2NO3S2. The van der Waals surface area contributed by atoms with Crippen LogP contribution < -0.4 is 0 Å². The Balaban J connectivity index is 1.67. The third kappa shape index (κ3) is 6.23. The molecule has 0 saturated carbocycles. The lowest BCUT2D eigenvalue weighted by molar-refractivity contribution is -0.141. The minimum absolute atomic E-state index is 0.200. The van der Waals surface area contributed by atoms with Gasteiger partial charge in [-0.25, -0.2) is 4.79 Å². The summed E-state index contributed by atoms with van der Waals surface area (Å²) in [5.74, 6) is -1.05. The first-order chi connectivity index (χ1) is 15.3. The summed E-state index contributed by atoms with van der Waals surface area (Å²) >= 11 is 18.8. The Morgan fingerprint density at radius 1 is 1.19 bits per heavy atom. The molecule has 0 amide bonds. The highest BCUT2D eigenvalue weighted by Gasteiger charge is 2.32. The third-order valence-electron chi connectivity index (χ3n) is 4.89.